The number of hydrogen-bond acceptors (Lipinski definition) is 7. The SMILES string of the molecule is CCCCC1(c2ccc(CC(NS(=O)(=O)c3ccccn3)c3cccc(N(C(=O)OC(C)(C)C)C(C(=O)O)C(C)(C)C)n3)cc2)CCC1. The summed E-state index contributed by atoms with van der Waals surface area (Å²) >= 11 is 0. The number of aromatic nitrogens is 2. The molecule has 2 unspecified atom stereocenters. The van der Waals surface area contributed by atoms with Gasteiger partial charge >= 0.3 is 12.1 Å². The second kappa shape index (κ2) is 14.7. The molecule has 2 atom stereocenters. The number of carbonyl (C=O) groups excluding carboxylic acids is 1. The van der Waals surface area contributed by atoms with Crippen molar-refractivity contribution in [2.75, 3.05) is 4.90 Å². The van der Waals surface area contributed by atoms with E-state index in [1.54, 1.807) is 65.8 Å². The van der Waals surface area contributed by atoms with Gasteiger partial charge in [-0.05, 0) is 92.7 Å². The van der Waals surface area contributed by atoms with Gasteiger partial charge in [0.2, 0.25) is 0 Å². The molecule has 1 amide bonds. The molecule has 11 heteroatoms. The van der Waals surface area contributed by atoms with Crippen molar-refractivity contribution in [2.24, 2.45) is 5.41 Å². The van der Waals surface area contributed by atoms with E-state index in [-0.39, 0.29) is 22.7 Å². The number of benzene rings is 1. The van der Waals surface area contributed by atoms with Crippen LogP contribution in [0.15, 0.2) is 71.9 Å². The predicted molar refractivity (Wildman–Crippen MR) is 186 cm³/mol. The molecule has 10 nitrogen and oxygen atoms in total. The summed E-state index contributed by atoms with van der Waals surface area (Å²) in [5.41, 5.74) is 0.912. The highest BCUT2D eigenvalue weighted by Crippen LogP contribution is 2.47. The van der Waals surface area contributed by atoms with E-state index in [1.807, 2.05) is 12.1 Å². The van der Waals surface area contributed by atoms with Gasteiger partial charge in [-0.1, -0.05) is 83.4 Å². The third kappa shape index (κ3) is 8.99. The fourth-order valence-corrected chi connectivity index (χ4v) is 7.43. The van der Waals surface area contributed by atoms with Gasteiger partial charge in [0.05, 0.1) is 11.7 Å². The summed E-state index contributed by atoms with van der Waals surface area (Å²) in [5, 5.41) is 10.2. The van der Waals surface area contributed by atoms with E-state index in [0.29, 0.717) is 5.69 Å². The summed E-state index contributed by atoms with van der Waals surface area (Å²) in [4.78, 5) is 36.1. The number of sulfonamides is 1. The molecule has 1 fully saturated rings. The lowest BCUT2D eigenvalue weighted by Gasteiger charge is -2.43. The van der Waals surface area contributed by atoms with Crippen LogP contribution in [0.25, 0.3) is 0 Å². The molecule has 0 radical (unpaired) electrons. The Hall–Kier alpha value is -3.83. The Balaban J connectivity index is 1.77. The van der Waals surface area contributed by atoms with Crippen LogP contribution in [0.4, 0.5) is 10.6 Å². The molecule has 2 heterocycles. The lowest BCUT2D eigenvalue weighted by molar-refractivity contribution is -0.141. The number of ether oxygens (including phenoxy) is 1. The molecule has 1 aromatic carbocycles. The number of unbranched alkanes of at least 4 members (excludes halogenated alkanes) is 1. The van der Waals surface area contributed by atoms with Crippen LogP contribution in [-0.4, -0.2) is 47.2 Å². The zero-order chi connectivity index (χ0) is 35.3. The van der Waals surface area contributed by atoms with Gasteiger partial charge in [-0.2, -0.15) is 0 Å². The third-order valence-electron chi connectivity index (χ3n) is 8.80. The second-order valence-electron chi connectivity index (χ2n) is 14.9. The molecule has 48 heavy (non-hydrogen) atoms. The average Bonchev–Trinajstić information content (AvgIpc) is 2.98. The normalized spacial score (nSPS) is 16.0. The lowest BCUT2D eigenvalue weighted by Crippen LogP contribution is -2.54. The minimum absolute atomic E-state index is 0.0318. The highest BCUT2D eigenvalue weighted by molar-refractivity contribution is 7.89. The smallest absolute Gasteiger partial charge is 0.416 e. The van der Waals surface area contributed by atoms with Gasteiger partial charge < -0.3 is 9.84 Å². The van der Waals surface area contributed by atoms with E-state index in [0.717, 1.165) is 23.3 Å². The molecule has 1 aliphatic rings. The summed E-state index contributed by atoms with van der Waals surface area (Å²) in [6, 6.07) is 15.7. The van der Waals surface area contributed by atoms with Gasteiger partial charge in [-0.3, -0.25) is 0 Å². The summed E-state index contributed by atoms with van der Waals surface area (Å²) in [5.74, 6) is -1.19. The Bertz CT molecular complexity index is 1660. The number of pyridine rings is 2. The number of hydrogen-bond donors (Lipinski definition) is 2. The first kappa shape index (κ1) is 37.0. The van der Waals surface area contributed by atoms with Crippen molar-refractivity contribution >= 4 is 27.9 Å². The van der Waals surface area contributed by atoms with Crippen LogP contribution in [0.3, 0.4) is 0 Å². The van der Waals surface area contributed by atoms with Gasteiger partial charge in [0, 0.05) is 6.20 Å². The number of nitrogens with one attached hydrogen (secondary N) is 1. The molecule has 0 bridgehead atoms. The van der Waals surface area contributed by atoms with Crippen molar-refractivity contribution in [1.29, 1.82) is 0 Å². The van der Waals surface area contributed by atoms with Crippen LogP contribution < -0.4 is 9.62 Å². The molecule has 0 aliphatic heterocycles. The largest absolute Gasteiger partial charge is 0.480 e. The first-order chi connectivity index (χ1) is 22.5. The summed E-state index contributed by atoms with van der Waals surface area (Å²) in [6.45, 7) is 12.5. The molecule has 4 rings (SSSR count). The summed E-state index contributed by atoms with van der Waals surface area (Å²) in [6.07, 6.45) is 7.85. The van der Waals surface area contributed by atoms with Crippen LogP contribution in [-0.2, 0) is 31.4 Å². The number of carbonyl (C=O) groups is 2. The molecule has 1 saturated carbocycles. The topological polar surface area (TPSA) is 139 Å². The van der Waals surface area contributed by atoms with Crippen LogP contribution in [0.2, 0.25) is 0 Å². The molecule has 1 aliphatic carbocycles. The van der Waals surface area contributed by atoms with E-state index in [2.05, 4.69) is 28.8 Å². The van der Waals surface area contributed by atoms with E-state index in [1.165, 1.54) is 49.6 Å². The standard InChI is InChI=1S/C37H50N4O6S/c1-8-9-21-37(22-13-23-37)27-19-17-26(18-20-27)25-29(40-48(45,46)31-16-10-11-24-38-31)28-14-12-15-30(39-28)41(34(44)47-36(5,6)7)32(33(42)43)35(2,3)4/h10-12,14-20,24,29,32,40H,8-9,13,21-23,25H2,1-7H3,(H,42,43). The Morgan fingerprint density at radius 2 is 1.69 bits per heavy atom. The van der Waals surface area contributed by atoms with Crippen LogP contribution in [0.1, 0.15) is 110 Å². The number of rotatable bonds is 13. The maximum atomic E-state index is 13.6. The number of amides is 1. The van der Waals surface area contributed by atoms with Crippen molar-refractivity contribution in [3.63, 3.8) is 0 Å². The van der Waals surface area contributed by atoms with Gasteiger partial charge in [-0.15, -0.1) is 0 Å². The Kier molecular flexibility index (Phi) is 11.4. The van der Waals surface area contributed by atoms with E-state index in [9.17, 15) is 23.1 Å². The minimum Gasteiger partial charge on any atom is -0.480 e. The van der Waals surface area contributed by atoms with Gasteiger partial charge in [0.1, 0.15) is 17.5 Å². The average molecular weight is 679 g/mol. The van der Waals surface area contributed by atoms with E-state index in [4.69, 9.17) is 9.72 Å². The molecule has 2 N–H and O–H groups in total. The highest BCUT2D eigenvalue weighted by Gasteiger charge is 2.43. The Labute approximate surface area is 285 Å². The predicted octanol–water partition coefficient (Wildman–Crippen LogP) is 7.59. The summed E-state index contributed by atoms with van der Waals surface area (Å²) in [7, 11) is -4.09. The Morgan fingerprint density at radius 3 is 2.21 bits per heavy atom. The molecule has 0 spiro atoms. The molecular weight excluding hydrogens is 628 g/mol. The van der Waals surface area contributed by atoms with Crippen LogP contribution >= 0.6 is 0 Å². The second-order valence-corrected chi connectivity index (χ2v) is 16.5. The van der Waals surface area contributed by atoms with Gasteiger partial charge in [-0.25, -0.2) is 37.6 Å². The molecule has 0 saturated heterocycles. The van der Waals surface area contributed by atoms with Gasteiger partial charge in [0.15, 0.2) is 5.03 Å². The number of carboxylic acids is 1. The van der Waals surface area contributed by atoms with Crippen molar-refractivity contribution in [2.45, 2.75) is 122 Å². The third-order valence-corrected chi connectivity index (χ3v) is 10.2. The number of carboxylic acid groups (broad SMARTS) is 1. The quantitative estimate of drug-likeness (QED) is 0.189. The zero-order valence-corrected chi connectivity index (χ0v) is 30.0. The minimum atomic E-state index is -4.09. The highest BCUT2D eigenvalue weighted by atomic mass is 32.2. The van der Waals surface area contributed by atoms with E-state index >= 15 is 0 Å². The monoisotopic (exact) mass is 678 g/mol. The first-order valence-corrected chi connectivity index (χ1v) is 18.2. The molecule has 2 aromatic heterocycles. The maximum Gasteiger partial charge on any atom is 0.416 e. The van der Waals surface area contributed by atoms with Crippen molar-refractivity contribution in [3.8, 4) is 0 Å². The molecular formula is C37H50N4O6S. The summed E-state index contributed by atoms with van der Waals surface area (Å²) < 4.78 is 35.6. The zero-order valence-electron chi connectivity index (χ0n) is 29.2. The van der Waals surface area contributed by atoms with Crippen molar-refractivity contribution in [3.05, 3.63) is 83.7 Å². The first-order valence-electron chi connectivity index (χ1n) is 16.7. The fourth-order valence-electron chi connectivity index (χ4n) is 6.27. The number of aliphatic carboxylic acids is 1. The lowest BCUT2D eigenvalue weighted by atomic mass is 9.62. The fraction of sp³-hybridized carbons (Fsp3) is 0.514. The number of nitrogens with zero attached hydrogens (tertiary/aromatic N) is 3. The van der Waals surface area contributed by atoms with E-state index < -0.39 is 45.2 Å². The van der Waals surface area contributed by atoms with Crippen molar-refractivity contribution < 1.29 is 27.9 Å². The Morgan fingerprint density at radius 1 is 1.00 bits per heavy atom. The number of anilines is 1. The van der Waals surface area contributed by atoms with Crippen molar-refractivity contribution in [1.82, 2.24) is 14.7 Å². The van der Waals surface area contributed by atoms with Crippen LogP contribution in [0.5, 0.6) is 0 Å². The maximum absolute atomic E-state index is 13.6. The van der Waals surface area contributed by atoms with Gasteiger partial charge in [0.25, 0.3) is 10.0 Å². The van der Waals surface area contributed by atoms with Crippen LogP contribution in [0, 0.1) is 5.41 Å². The molecule has 3 aromatic rings. The molecule has 260 valence electrons.